The summed E-state index contributed by atoms with van der Waals surface area (Å²) in [5.74, 6) is 0.521. The minimum absolute atomic E-state index is 0.0377. The van der Waals surface area contributed by atoms with Crippen molar-refractivity contribution in [3.8, 4) is 0 Å². The molecule has 0 aromatic carbocycles. The second kappa shape index (κ2) is 7.56. The summed E-state index contributed by atoms with van der Waals surface area (Å²) >= 11 is 0. The number of nitrogens with one attached hydrogen (secondary N) is 2. The highest BCUT2D eigenvalue weighted by molar-refractivity contribution is 5.77. The largest absolute Gasteiger partial charge is 0.394 e. The van der Waals surface area contributed by atoms with Crippen LogP contribution in [0.5, 0.6) is 0 Å². The highest BCUT2D eigenvalue weighted by atomic mass is 16.5. The molecule has 0 spiro atoms. The number of carbonyl (C=O) groups excluding carboxylic acids is 2. The first-order valence-corrected chi connectivity index (χ1v) is 7.63. The molecule has 0 aromatic rings. The zero-order valence-electron chi connectivity index (χ0n) is 12.4. The predicted octanol–water partition coefficient (Wildman–Crippen LogP) is 0.113. The molecule has 0 unspecified atom stereocenters. The van der Waals surface area contributed by atoms with Crippen molar-refractivity contribution in [3.05, 3.63) is 12.2 Å². The van der Waals surface area contributed by atoms with Crippen LogP contribution in [-0.2, 0) is 14.3 Å². The molecule has 6 heteroatoms. The first-order chi connectivity index (χ1) is 10.1. The topological polar surface area (TPSA) is 87.7 Å². The van der Waals surface area contributed by atoms with Crippen LogP contribution in [0.3, 0.4) is 0 Å². The van der Waals surface area contributed by atoms with E-state index in [0.29, 0.717) is 12.3 Å². The number of carbonyl (C=O) groups is 2. The lowest BCUT2D eigenvalue weighted by molar-refractivity contribution is -0.128. The Labute approximate surface area is 124 Å². The summed E-state index contributed by atoms with van der Waals surface area (Å²) in [4.78, 5) is 23.2. The molecule has 2 rings (SSSR count). The monoisotopic (exact) mass is 296 g/mol. The Morgan fingerprint density at radius 3 is 2.67 bits per heavy atom. The molecule has 3 N–H and O–H groups in total. The molecule has 6 nitrogen and oxygen atoms in total. The lowest BCUT2D eigenvalue weighted by atomic mass is 10.0. The standard InChI is InChI=1S/C15H24N2O4/c1-2-14(19)17-12-6-5-11(21-13(12)9-18)7-15(20)16-8-10-3-4-10/h5-6,10-13,18H,2-4,7-9H2,1H3,(H,16,20)(H,17,19)/t11-,12+,13-/m1/s1. The van der Waals surface area contributed by atoms with Gasteiger partial charge in [0.1, 0.15) is 6.10 Å². The van der Waals surface area contributed by atoms with E-state index in [-0.39, 0.29) is 37.0 Å². The van der Waals surface area contributed by atoms with Crippen molar-refractivity contribution < 1.29 is 19.4 Å². The van der Waals surface area contributed by atoms with Crippen LogP contribution in [0, 0.1) is 5.92 Å². The van der Waals surface area contributed by atoms with Gasteiger partial charge in [-0.2, -0.15) is 0 Å². The van der Waals surface area contributed by atoms with Gasteiger partial charge in [0.25, 0.3) is 0 Å². The fraction of sp³-hybridized carbons (Fsp3) is 0.733. The van der Waals surface area contributed by atoms with Crippen molar-refractivity contribution in [2.24, 2.45) is 5.92 Å². The van der Waals surface area contributed by atoms with E-state index in [4.69, 9.17) is 4.74 Å². The van der Waals surface area contributed by atoms with Crippen LogP contribution in [0.1, 0.15) is 32.6 Å². The number of rotatable bonds is 7. The predicted molar refractivity (Wildman–Crippen MR) is 77.5 cm³/mol. The molecular weight excluding hydrogens is 272 g/mol. The van der Waals surface area contributed by atoms with E-state index in [2.05, 4.69) is 10.6 Å². The van der Waals surface area contributed by atoms with Crippen molar-refractivity contribution in [1.29, 1.82) is 0 Å². The number of ether oxygens (including phenoxy) is 1. The molecule has 0 saturated heterocycles. The average Bonchev–Trinajstić information content (AvgIpc) is 3.30. The van der Waals surface area contributed by atoms with Gasteiger partial charge in [-0.25, -0.2) is 0 Å². The van der Waals surface area contributed by atoms with E-state index in [9.17, 15) is 14.7 Å². The van der Waals surface area contributed by atoms with Crippen LogP contribution in [0.4, 0.5) is 0 Å². The first-order valence-electron chi connectivity index (χ1n) is 7.63. The Morgan fingerprint density at radius 2 is 2.05 bits per heavy atom. The van der Waals surface area contributed by atoms with Gasteiger partial charge < -0.3 is 20.5 Å². The third-order valence-electron chi connectivity index (χ3n) is 3.78. The van der Waals surface area contributed by atoms with Crippen molar-refractivity contribution >= 4 is 11.8 Å². The maximum Gasteiger partial charge on any atom is 0.222 e. The molecule has 1 fully saturated rings. The second-order valence-corrected chi connectivity index (χ2v) is 5.68. The van der Waals surface area contributed by atoms with Crippen molar-refractivity contribution in [3.63, 3.8) is 0 Å². The molecule has 0 bridgehead atoms. The summed E-state index contributed by atoms with van der Waals surface area (Å²) in [7, 11) is 0. The van der Waals surface area contributed by atoms with Gasteiger partial charge in [0.05, 0.1) is 25.2 Å². The maximum atomic E-state index is 11.8. The zero-order valence-corrected chi connectivity index (χ0v) is 12.4. The molecule has 1 saturated carbocycles. The molecule has 1 heterocycles. The number of aliphatic hydroxyl groups excluding tert-OH is 1. The van der Waals surface area contributed by atoms with Crippen LogP contribution in [-0.4, -0.2) is 48.3 Å². The average molecular weight is 296 g/mol. The highest BCUT2D eigenvalue weighted by Gasteiger charge is 2.29. The van der Waals surface area contributed by atoms with Crippen molar-refractivity contribution in [2.45, 2.75) is 50.9 Å². The van der Waals surface area contributed by atoms with Gasteiger partial charge in [-0.3, -0.25) is 9.59 Å². The van der Waals surface area contributed by atoms with Gasteiger partial charge in [0.2, 0.25) is 11.8 Å². The van der Waals surface area contributed by atoms with E-state index >= 15 is 0 Å². The third-order valence-corrected chi connectivity index (χ3v) is 3.78. The lowest BCUT2D eigenvalue weighted by Gasteiger charge is -2.31. The van der Waals surface area contributed by atoms with Gasteiger partial charge in [-0.05, 0) is 18.8 Å². The van der Waals surface area contributed by atoms with E-state index in [1.807, 2.05) is 0 Å². The van der Waals surface area contributed by atoms with E-state index in [0.717, 1.165) is 6.54 Å². The minimum atomic E-state index is -0.508. The molecule has 1 aliphatic heterocycles. The number of hydrogen-bond donors (Lipinski definition) is 3. The van der Waals surface area contributed by atoms with Gasteiger partial charge >= 0.3 is 0 Å². The Balaban J connectivity index is 1.80. The van der Waals surface area contributed by atoms with Gasteiger partial charge in [0.15, 0.2) is 0 Å². The fourth-order valence-corrected chi connectivity index (χ4v) is 2.26. The van der Waals surface area contributed by atoms with Gasteiger partial charge in [-0.1, -0.05) is 19.1 Å². The van der Waals surface area contributed by atoms with Crippen LogP contribution in [0.25, 0.3) is 0 Å². The third kappa shape index (κ3) is 5.13. The van der Waals surface area contributed by atoms with Crippen LogP contribution < -0.4 is 10.6 Å². The molecule has 3 atom stereocenters. The van der Waals surface area contributed by atoms with Crippen LogP contribution >= 0.6 is 0 Å². The first kappa shape index (κ1) is 16.0. The molecule has 0 radical (unpaired) electrons. The molecular formula is C15H24N2O4. The van der Waals surface area contributed by atoms with Crippen molar-refractivity contribution in [1.82, 2.24) is 10.6 Å². The fourth-order valence-electron chi connectivity index (χ4n) is 2.26. The molecule has 21 heavy (non-hydrogen) atoms. The van der Waals surface area contributed by atoms with Gasteiger partial charge in [-0.15, -0.1) is 0 Å². The number of aliphatic hydroxyl groups is 1. The Kier molecular flexibility index (Phi) is 5.76. The lowest BCUT2D eigenvalue weighted by Crippen LogP contribution is -2.49. The Morgan fingerprint density at radius 1 is 1.29 bits per heavy atom. The smallest absolute Gasteiger partial charge is 0.222 e. The number of amides is 2. The van der Waals surface area contributed by atoms with Gasteiger partial charge in [0, 0.05) is 13.0 Å². The minimum Gasteiger partial charge on any atom is -0.394 e. The van der Waals surface area contributed by atoms with E-state index in [1.54, 1.807) is 19.1 Å². The summed E-state index contributed by atoms with van der Waals surface area (Å²) < 4.78 is 5.67. The summed E-state index contributed by atoms with van der Waals surface area (Å²) in [5.41, 5.74) is 0. The van der Waals surface area contributed by atoms with Crippen LogP contribution in [0.2, 0.25) is 0 Å². The molecule has 2 amide bonds. The van der Waals surface area contributed by atoms with Crippen LogP contribution in [0.15, 0.2) is 12.2 Å². The quantitative estimate of drug-likeness (QED) is 0.582. The number of hydrogen-bond acceptors (Lipinski definition) is 4. The summed E-state index contributed by atoms with van der Waals surface area (Å²) in [6, 6.07) is -0.340. The molecule has 0 aromatic heterocycles. The summed E-state index contributed by atoms with van der Waals surface area (Å²) in [6.07, 6.45) is 5.75. The van der Waals surface area contributed by atoms with E-state index < -0.39 is 6.10 Å². The SMILES string of the molecule is CCC(=O)N[C@H]1C=C[C@H](CC(=O)NCC2CC2)O[C@@H]1CO. The highest BCUT2D eigenvalue weighted by Crippen LogP contribution is 2.27. The molecule has 118 valence electrons. The van der Waals surface area contributed by atoms with E-state index in [1.165, 1.54) is 12.8 Å². The molecule has 1 aliphatic carbocycles. The van der Waals surface area contributed by atoms with Crippen molar-refractivity contribution in [2.75, 3.05) is 13.2 Å². The summed E-state index contributed by atoms with van der Waals surface area (Å²) in [5, 5.41) is 15.0. The second-order valence-electron chi connectivity index (χ2n) is 5.68. The summed E-state index contributed by atoms with van der Waals surface area (Å²) in [6.45, 7) is 2.32. The molecule has 2 aliphatic rings. The Bertz CT molecular complexity index is 406. The maximum absolute atomic E-state index is 11.8. The zero-order chi connectivity index (χ0) is 15.2. The Hall–Kier alpha value is -1.40. The normalized spacial score (nSPS) is 28.2.